The fraction of sp³-hybridized carbons (Fsp3) is 0.235. The van der Waals surface area contributed by atoms with E-state index in [0.717, 1.165) is 0 Å². The Morgan fingerprint density at radius 3 is 2.30 bits per heavy atom. The lowest BCUT2D eigenvalue weighted by atomic mass is 10.1. The second-order valence-electron chi connectivity index (χ2n) is 6.13. The van der Waals surface area contributed by atoms with Gasteiger partial charge in [0.05, 0.1) is 11.1 Å². The van der Waals surface area contributed by atoms with Crippen LogP contribution in [-0.4, -0.2) is 22.3 Å². The van der Waals surface area contributed by atoms with E-state index < -0.39 is 0 Å². The number of nitrogens with one attached hydrogen (secondary N) is 2. The van der Waals surface area contributed by atoms with Crippen molar-refractivity contribution in [3.8, 4) is 0 Å². The van der Waals surface area contributed by atoms with Crippen LogP contribution in [0.2, 0.25) is 5.02 Å². The van der Waals surface area contributed by atoms with Crippen molar-refractivity contribution in [1.82, 2.24) is 10.3 Å². The highest BCUT2D eigenvalue weighted by atomic mass is 35.5. The SMILES string of the molecule is CC(C)(C)NC(=O)c1cncc(C(=O)Nc2cccc(Cl)c2)c1. The summed E-state index contributed by atoms with van der Waals surface area (Å²) in [4.78, 5) is 28.4. The number of nitrogens with zero attached hydrogens (tertiary/aromatic N) is 1. The van der Waals surface area contributed by atoms with Crippen LogP contribution in [0, 0.1) is 0 Å². The van der Waals surface area contributed by atoms with E-state index in [1.165, 1.54) is 18.5 Å². The van der Waals surface area contributed by atoms with Gasteiger partial charge in [0.1, 0.15) is 0 Å². The van der Waals surface area contributed by atoms with E-state index >= 15 is 0 Å². The van der Waals surface area contributed by atoms with Gasteiger partial charge in [-0.05, 0) is 45.0 Å². The van der Waals surface area contributed by atoms with Crippen molar-refractivity contribution in [2.75, 3.05) is 5.32 Å². The molecule has 0 aliphatic heterocycles. The maximum absolute atomic E-state index is 12.3. The van der Waals surface area contributed by atoms with Gasteiger partial charge < -0.3 is 10.6 Å². The van der Waals surface area contributed by atoms with Crippen LogP contribution in [0.4, 0.5) is 5.69 Å². The number of carbonyl (C=O) groups excluding carboxylic acids is 2. The molecular weight excluding hydrogens is 314 g/mol. The molecule has 1 aromatic carbocycles. The number of amides is 2. The van der Waals surface area contributed by atoms with Crippen molar-refractivity contribution in [2.24, 2.45) is 0 Å². The minimum atomic E-state index is -0.365. The Morgan fingerprint density at radius 1 is 1.04 bits per heavy atom. The Kier molecular flexibility index (Phi) is 5.01. The highest BCUT2D eigenvalue weighted by Crippen LogP contribution is 2.16. The van der Waals surface area contributed by atoms with Gasteiger partial charge in [-0.25, -0.2) is 0 Å². The van der Waals surface area contributed by atoms with Crippen molar-refractivity contribution < 1.29 is 9.59 Å². The summed E-state index contributed by atoms with van der Waals surface area (Å²) < 4.78 is 0. The molecule has 0 bridgehead atoms. The molecule has 0 aliphatic carbocycles. The highest BCUT2D eigenvalue weighted by molar-refractivity contribution is 6.31. The number of rotatable bonds is 3. The van der Waals surface area contributed by atoms with Gasteiger partial charge in [-0.2, -0.15) is 0 Å². The average molecular weight is 332 g/mol. The Morgan fingerprint density at radius 2 is 1.70 bits per heavy atom. The van der Waals surface area contributed by atoms with Gasteiger partial charge in [-0.15, -0.1) is 0 Å². The first-order valence-corrected chi connectivity index (χ1v) is 7.47. The van der Waals surface area contributed by atoms with E-state index in [1.54, 1.807) is 24.3 Å². The lowest BCUT2D eigenvalue weighted by molar-refractivity contribution is 0.0919. The van der Waals surface area contributed by atoms with Gasteiger partial charge in [0.15, 0.2) is 0 Å². The minimum absolute atomic E-state index is 0.276. The molecule has 0 saturated carbocycles. The summed E-state index contributed by atoms with van der Waals surface area (Å²) in [5.41, 5.74) is 0.841. The predicted molar refractivity (Wildman–Crippen MR) is 90.9 cm³/mol. The molecule has 120 valence electrons. The molecule has 23 heavy (non-hydrogen) atoms. The van der Waals surface area contributed by atoms with Gasteiger partial charge in [-0.1, -0.05) is 17.7 Å². The van der Waals surface area contributed by atoms with Crippen LogP contribution in [0.15, 0.2) is 42.7 Å². The zero-order chi connectivity index (χ0) is 17.0. The summed E-state index contributed by atoms with van der Waals surface area (Å²) in [6.07, 6.45) is 2.84. The van der Waals surface area contributed by atoms with Gasteiger partial charge in [0.2, 0.25) is 0 Å². The molecule has 0 spiro atoms. The van der Waals surface area contributed by atoms with Crippen LogP contribution in [0.25, 0.3) is 0 Å². The van der Waals surface area contributed by atoms with E-state index in [4.69, 9.17) is 11.6 Å². The molecule has 0 atom stereocenters. The summed E-state index contributed by atoms with van der Waals surface area (Å²) in [6.45, 7) is 5.65. The number of halogens is 1. The standard InChI is InChI=1S/C17H18ClN3O2/c1-17(2,3)21-16(23)12-7-11(9-19-10-12)15(22)20-14-6-4-5-13(18)8-14/h4-10H,1-3H3,(H,20,22)(H,21,23). The van der Waals surface area contributed by atoms with E-state index in [-0.39, 0.29) is 17.4 Å². The van der Waals surface area contributed by atoms with E-state index in [0.29, 0.717) is 21.8 Å². The van der Waals surface area contributed by atoms with Crippen molar-refractivity contribution in [2.45, 2.75) is 26.3 Å². The van der Waals surface area contributed by atoms with Crippen molar-refractivity contribution in [1.29, 1.82) is 0 Å². The molecule has 6 heteroatoms. The summed E-state index contributed by atoms with van der Waals surface area (Å²) in [5.74, 6) is -0.632. The monoisotopic (exact) mass is 331 g/mol. The van der Waals surface area contributed by atoms with Crippen molar-refractivity contribution >= 4 is 29.1 Å². The lowest BCUT2D eigenvalue weighted by Gasteiger charge is -2.20. The Hall–Kier alpha value is -2.40. The van der Waals surface area contributed by atoms with Crippen molar-refractivity contribution in [3.63, 3.8) is 0 Å². The van der Waals surface area contributed by atoms with Gasteiger partial charge in [0.25, 0.3) is 11.8 Å². The zero-order valence-corrected chi connectivity index (χ0v) is 13.9. The molecule has 0 saturated heterocycles. The summed E-state index contributed by atoms with van der Waals surface area (Å²) >= 11 is 5.89. The summed E-state index contributed by atoms with van der Waals surface area (Å²) in [7, 11) is 0. The fourth-order valence-electron chi connectivity index (χ4n) is 1.87. The first-order valence-electron chi connectivity index (χ1n) is 7.09. The topological polar surface area (TPSA) is 71.1 Å². The Bertz CT molecular complexity index is 739. The normalized spacial score (nSPS) is 11.0. The molecule has 2 rings (SSSR count). The maximum atomic E-state index is 12.3. The molecule has 0 radical (unpaired) electrons. The molecule has 0 unspecified atom stereocenters. The highest BCUT2D eigenvalue weighted by Gasteiger charge is 2.17. The van der Waals surface area contributed by atoms with Gasteiger partial charge in [0, 0.05) is 28.6 Å². The summed E-state index contributed by atoms with van der Waals surface area (Å²) in [5, 5.41) is 6.08. The molecule has 5 nitrogen and oxygen atoms in total. The predicted octanol–water partition coefficient (Wildman–Crippen LogP) is 3.52. The Balaban J connectivity index is 2.16. The second kappa shape index (κ2) is 6.79. The quantitative estimate of drug-likeness (QED) is 0.904. The molecule has 2 aromatic rings. The smallest absolute Gasteiger partial charge is 0.257 e. The van der Waals surface area contributed by atoms with Crippen molar-refractivity contribution in [3.05, 3.63) is 58.9 Å². The van der Waals surface area contributed by atoms with Crippen LogP contribution in [-0.2, 0) is 0 Å². The van der Waals surface area contributed by atoms with E-state index in [9.17, 15) is 9.59 Å². The average Bonchev–Trinajstić information content (AvgIpc) is 2.45. The molecule has 2 amide bonds. The number of aromatic nitrogens is 1. The van der Waals surface area contributed by atoms with E-state index in [2.05, 4.69) is 15.6 Å². The third-order valence-corrected chi connectivity index (χ3v) is 3.07. The van der Waals surface area contributed by atoms with Crippen LogP contribution < -0.4 is 10.6 Å². The van der Waals surface area contributed by atoms with Crippen LogP contribution in [0.5, 0.6) is 0 Å². The zero-order valence-electron chi connectivity index (χ0n) is 13.2. The number of hydrogen-bond donors (Lipinski definition) is 2. The first-order chi connectivity index (χ1) is 10.7. The third kappa shape index (κ3) is 5.07. The number of benzene rings is 1. The van der Waals surface area contributed by atoms with Crippen LogP contribution in [0.1, 0.15) is 41.5 Å². The van der Waals surface area contributed by atoms with Crippen LogP contribution >= 0.6 is 11.6 Å². The number of anilines is 1. The molecule has 2 N–H and O–H groups in total. The van der Waals surface area contributed by atoms with Crippen LogP contribution in [0.3, 0.4) is 0 Å². The number of carbonyl (C=O) groups is 2. The summed E-state index contributed by atoms with van der Waals surface area (Å²) in [6, 6.07) is 8.34. The maximum Gasteiger partial charge on any atom is 0.257 e. The second-order valence-corrected chi connectivity index (χ2v) is 6.57. The number of pyridine rings is 1. The molecule has 1 aromatic heterocycles. The molecular formula is C17H18ClN3O2. The Labute approximate surface area is 140 Å². The first kappa shape index (κ1) is 17.0. The fourth-order valence-corrected chi connectivity index (χ4v) is 2.06. The van der Waals surface area contributed by atoms with Gasteiger partial charge >= 0.3 is 0 Å². The van der Waals surface area contributed by atoms with Gasteiger partial charge in [-0.3, -0.25) is 14.6 Å². The minimum Gasteiger partial charge on any atom is -0.347 e. The number of hydrogen-bond acceptors (Lipinski definition) is 3. The third-order valence-electron chi connectivity index (χ3n) is 2.83. The largest absolute Gasteiger partial charge is 0.347 e. The molecule has 0 aliphatic rings. The van der Waals surface area contributed by atoms with E-state index in [1.807, 2.05) is 20.8 Å². The molecule has 0 fully saturated rings. The lowest BCUT2D eigenvalue weighted by Crippen LogP contribution is -2.40. The molecule has 1 heterocycles.